The van der Waals surface area contributed by atoms with E-state index in [1.807, 2.05) is 0 Å². The van der Waals surface area contributed by atoms with Gasteiger partial charge in [-0.3, -0.25) is 0 Å². The molecule has 0 radical (unpaired) electrons. The molecular weight excluding hydrogens is 202 g/mol. The van der Waals surface area contributed by atoms with Gasteiger partial charge in [-0.25, -0.2) is 0 Å². The summed E-state index contributed by atoms with van der Waals surface area (Å²) < 4.78 is 10.3. The summed E-state index contributed by atoms with van der Waals surface area (Å²) in [4.78, 5) is 0. The van der Waals surface area contributed by atoms with Crippen molar-refractivity contribution in [2.45, 2.75) is 26.2 Å². The minimum Gasteiger partial charge on any atom is -0.355 e. The summed E-state index contributed by atoms with van der Waals surface area (Å²) in [6, 6.07) is 8.68. The Balaban J connectivity index is 2.52. The predicted octanol–water partition coefficient (Wildman–Crippen LogP) is 2.26. The SMILES string of the molecule is COC(CN[C@@H](C)c1ccccc1C)OC. The molecule has 0 aliphatic heterocycles. The van der Waals surface area contributed by atoms with E-state index < -0.39 is 0 Å². The summed E-state index contributed by atoms with van der Waals surface area (Å²) in [5.74, 6) is 0. The first-order valence-corrected chi connectivity index (χ1v) is 5.53. The van der Waals surface area contributed by atoms with Gasteiger partial charge in [-0.2, -0.15) is 0 Å². The monoisotopic (exact) mass is 223 g/mol. The van der Waals surface area contributed by atoms with Crippen molar-refractivity contribution in [1.82, 2.24) is 5.32 Å². The van der Waals surface area contributed by atoms with Gasteiger partial charge in [0.15, 0.2) is 6.29 Å². The lowest BCUT2D eigenvalue weighted by molar-refractivity contribution is -0.0997. The quantitative estimate of drug-likeness (QED) is 0.750. The maximum atomic E-state index is 5.13. The molecule has 0 fully saturated rings. The van der Waals surface area contributed by atoms with Gasteiger partial charge in [0, 0.05) is 26.8 Å². The van der Waals surface area contributed by atoms with Crippen LogP contribution < -0.4 is 5.32 Å². The average Bonchev–Trinajstić information content (AvgIpc) is 2.30. The number of ether oxygens (including phenoxy) is 2. The third-order valence-electron chi connectivity index (χ3n) is 2.77. The Hall–Kier alpha value is -0.900. The first-order chi connectivity index (χ1) is 7.69. The molecule has 0 heterocycles. The Kier molecular flexibility index (Phi) is 5.46. The van der Waals surface area contributed by atoms with E-state index in [9.17, 15) is 0 Å². The van der Waals surface area contributed by atoms with E-state index >= 15 is 0 Å². The van der Waals surface area contributed by atoms with Gasteiger partial charge in [0.2, 0.25) is 0 Å². The molecule has 0 aliphatic rings. The standard InChI is InChI=1S/C13H21NO2/c1-10-7-5-6-8-12(10)11(2)14-9-13(15-3)16-4/h5-8,11,13-14H,9H2,1-4H3/t11-/m0/s1. The summed E-state index contributed by atoms with van der Waals surface area (Å²) >= 11 is 0. The van der Waals surface area contributed by atoms with Crippen LogP contribution in [0.5, 0.6) is 0 Å². The van der Waals surface area contributed by atoms with E-state index in [-0.39, 0.29) is 6.29 Å². The number of rotatable bonds is 6. The number of nitrogens with one attached hydrogen (secondary N) is 1. The Bertz CT molecular complexity index is 311. The van der Waals surface area contributed by atoms with Crippen LogP contribution in [0.2, 0.25) is 0 Å². The molecule has 1 aromatic carbocycles. The van der Waals surface area contributed by atoms with E-state index in [0.29, 0.717) is 12.6 Å². The van der Waals surface area contributed by atoms with Gasteiger partial charge in [-0.05, 0) is 25.0 Å². The van der Waals surface area contributed by atoms with Gasteiger partial charge in [-0.15, -0.1) is 0 Å². The van der Waals surface area contributed by atoms with Gasteiger partial charge in [0.1, 0.15) is 0 Å². The van der Waals surface area contributed by atoms with Gasteiger partial charge in [0.25, 0.3) is 0 Å². The molecule has 0 unspecified atom stereocenters. The molecule has 1 aromatic rings. The molecule has 1 N–H and O–H groups in total. The molecule has 0 aliphatic carbocycles. The number of hydrogen-bond acceptors (Lipinski definition) is 3. The van der Waals surface area contributed by atoms with Crippen molar-refractivity contribution >= 4 is 0 Å². The normalized spacial score (nSPS) is 13.1. The first kappa shape index (κ1) is 13.2. The van der Waals surface area contributed by atoms with Crippen LogP contribution in [0, 0.1) is 6.92 Å². The fourth-order valence-corrected chi connectivity index (χ4v) is 1.72. The summed E-state index contributed by atoms with van der Waals surface area (Å²) in [6.45, 7) is 4.95. The summed E-state index contributed by atoms with van der Waals surface area (Å²) in [7, 11) is 3.29. The van der Waals surface area contributed by atoms with Crippen LogP contribution in [0.3, 0.4) is 0 Å². The van der Waals surface area contributed by atoms with E-state index in [1.165, 1.54) is 11.1 Å². The molecular formula is C13H21NO2. The molecule has 3 nitrogen and oxygen atoms in total. The first-order valence-electron chi connectivity index (χ1n) is 5.53. The van der Waals surface area contributed by atoms with Crippen LogP contribution in [-0.4, -0.2) is 27.1 Å². The molecule has 0 bridgehead atoms. The van der Waals surface area contributed by atoms with Gasteiger partial charge in [-0.1, -0.05) is 24.3 Å². The zero-order valence-corrected chi connectivity index (χ0v) is 10.5. The molecule has 16 heavy (non-hydrogen) atoms. The van der Waals surface area contributed by atoms with E-state index in [2.05, 4.69) is 43.4 Å². The lowest BCUT2D eigenvalue weighted by Crippen LogP contribution is -2.31. The number of hydrogen-bond donors (Lipinski definition) is 1. The Morgan fingerprint density at radius 1 is 1.19 bits per heavy atom. The van der Waals surface area contributed by atoms with Crippen LogP contribution in [0.25, 0.3) is 0 Å². The Morgan fingerprint density at radius 2 is 1.81 bits per heavy atom. The van der Waals surface area contributed by atoms with E-state index in [4.69, 9.17) is 9.47 Å². The van der Waals surface area contributed by atoms with Crippen molar-refractivity contribution in [1.29, 1.82) is 0 Å². The van der Waals surface area contributed by atoms with Crippen molar-refractivity contribution in [3.8, 4) is 0 Å². The number of benzene rings is 1. The van der Waals surface area contributed by atoms with E-state index in [0.717, 1.165) is 0 Å². The maximum absolute atomic E-state index is 5.13. The highest BCUT2D eigenvalue weighted by atomic mass is 16.7. The van der Waals surface area contributed by atoms with Crippen molar-refractivity contribution in [2.75, 3.05) is 20.8 Å². The lowest BCUT2D eigenvalue weighted by atomic mass is 10.0. The zero-order chi connectivity index (χ0) is 12.0. The van der Waals surface area contributed by atoms with Gasteiger partial charge >= 0.3 is 0 Å². The third-order valence-corrected chi connectivity index (χ3v) is 2.77. The Labute approximate surface area is 97.8 Å². The third kappa shape index (κ3) is 3.59. The molecule has 1 atom stereocenters. The molecule has 90 valence electrons. The minimum absolute atomic E-state index is 0.188. The van der Waals surface area contributed by atoms with Gasteiger partial charge < -0.3 is 14.8 Å². The van der Waals surface area contributed by atoms with Crippen LogP contribution >= 0.6 is 0 Å². The minimum atomic E-state index is -0.188. The van der Waals surface area contributed by atoms with Crippen LogP contribution in [0.1, 0.15) is 24.1 Å². The van der Waals surface area contributed by atoms with E-state index in [1.54, 1.807) is 14.2 Å². The maximum Gasteiger partial charge on any atom is 0.169 e. The second-order valence-corrected chi connectivity index (χ2v) is 3.89. The van der Waals surface area contributed by atoms with Gasteiger partial charge in [0.05, 0.1) is 0 Å². The smallest absolute Gasteiger partial charge is 0.169 e. The fourth-order valence-electron chi connectivity index (χ4n) is 1.72. The molecule has 0 amide bonds. The largest absolute Gasteiger partial charge is 0.355 e. The zero-order valence-electron chi connectivity index (χ0n) is 10.5. The topological polar surface area (TPSA) is 30.5 Å². The molecule has 1 rings (SSSR count). The second kappa shape index (κ2) is 6.63. The predicted molar refractivity (Wildman–Crippen MR) is 65.4 cm³/mol. The molecule has 0 spiro atoms. The number of methoxy groups -OCH3 is 2. The summed E-state index contributed by atoms with van der Waals surface area (Å²) in [5.41, 5.74) is 2.61. The Morgan fingerprint density at radius 3 is 2.38 bits per heavy atom. The van der Waals surface area contributed by atoms with Crippen LogP contribution in [0.15, 0.2) is 24.3 Å². The second-order valence-electron chi connectivity index (χ2n) is 3.89. The lowest BCUT2D eigenvalue weighted by Gasteiger charge is -2.20. The highest BCUT2D eigenvalue weighted by Crippen LogP contribution is 2.16. The average molecular weight is 223 g/mol. The van der Waals surface area contributed by atoms with Crippen LogP contribution in [0.4, 0.5) is 0 Å². The van der Waals surface area contributed by atoms with Crippen LogP contribution in [-0.2, 0) is 9.47 Å². The highest BCUT2D eigenvalue weighted by Gasteiger charge is 2.10. The van der Waals surface area contributed by atoms with Crippen molar-refractivity contribution < 1.29 is 9.47 Å². The van der Waals surface area contributed by atoms with Crippen molar-refractivity contribution in [3.63, 3.8) is 0 Å². The summed E-state index contributed by atoms with van der Waals surface area (Å²) in [5, 5.41) is 3.39. The fraction of sp³-hybridized carbons (Fsp3) is 0.538. The van der Waals surface area contributed by atoms with Crippen molar-refractivity contribution in [2.24, 2.45) is 0 Å². The summed E-state index contributed by atoms with van der Waals surface area (Å²) in [6.07, 6.45) is -0.188. The highest BCUT2D eigenvalue weighted by molar-refractivity contribution is 5.28. The molecule has 3 heteroatoms. The molecule has 0 aromatic heterocycles. The molecule has 0 saturated carbocycles. The van der Waals surface area contributed by atoms with Crippen molar-refractivity contribution in [3.05, 3.63) is 35.4 Å². The molecule has 0 saturated heterocycles. The number of aryl methyl sites for hydroxylation is 1.